The first kappa shape index (κ1) is 19.7. The number of piperidine rings is 1. The molecule has 154 valence electrons. The van der Waals surface area contributed by atoms with Crippen LogP contribution >= 0.6 is 0 Å². The first-order valence-corrected chi connectivity index (χ1v) is 10.5. The molecule has 1 atom stereocenters. The summed E-state index contributed by atoms with van der Waals surface area (Å²) in [4.78, 5) is 23.4. The van der Waals surface area contributed by atoms with E-state index in [9.17, 15) is 4.79 Å². The normalized spacial score (nSPS) is 20.6. The number of ether oxygens (including phenoxy) is 1. The topological polar surface area (TPSA) is 48.9 Å². The molecule has 4 rings (SSSR count). The molecule has 0 spiro atoms. The van der Waals surface area contributed by atoms with E-state index in [-0.39, 0.29) is 5.78 Å². The third kappa shape index (κ3) is 4.37. The van der Waals surface area contributed by atoms with Crippen molar-refractivity contribution in [1.82, 2.24) is 9.88 Å². The maximum absolute atomic E-state index is 11.5. The van der Waals surface area contributed by atoms with Gasteiger partial charge in [0.05, 0.1) is 12.8 Å². The predicted octanol–water partition coefficient (Wildman–Crippen LogP) is 3.08. The zero-order chi connectivity index (χ0) is 20.2. The van der Waals surface area contributed by atoms with E-state index in [4.69, 9.17) is 4.74 Å². The van der Waals surface area contributed by atoms with E-state index >= 15 is 0 Å². The number of aromatic nitrogens is 1. The fraction of sp³-hybridized carbons (Fsp3) is 0.478. The lowest BCUT2D eigenvalue weighted by Gasteiger charge is -2.44. The van der Waals surface area contributed by atoms with Gasteiger partial charge in [0.15, 0.2) is 5.78 Å². The first-order chi connectivity index (χ1) is 14.2. The summed E-state index contributed by atoms with van der Waals surface area (Å²) in [5, 5.41) is 0. The molecule has 0 bridgehead atoms. The van der Waals surface area contributed by atoms with Gasteiger partial charge in [-0.1, -0.05) is 12.1 Å². The minimum Gasteiger partial charge on any atom is -0.495 e. The molecule has 1 aromatic carbocycles. The van der Waals surface area contributed by atoms with E-state index < -0.39 is 0 Å². The van der Waals surface area contributed by atoms with Gasteiger partial charge in [-0.25, -0.2) is 4.98 Å². The molecule has 2 fully saturated rings. The number of nitrogens with zero attached hydrogens (tertiary/aromatic N) is 4. The lowest BCUT2D eigenvalue weighted by molar-refractivity contribution is 0.101. The summed E-state index contributed by atoms with van der Waals surface area (Å²) >= 11 is 0. The highest BCUT2D eigenvalue weighted by atomic mass is 16.5. The van der Waals surface area contributed by atoms with Crippen molar-refractivity contribution in [2.75, 3.05) is 56.2 Å². The molecule has 0 unspecified atom stereocenters. The van der Waals surface area contributed by atoms with E-state index in [1.54, 1.807) is 20.2 Å². The van der Waals surface area contributed by atoms with E-state index in [0.29, 0.717) is 11.6 Å². The summed E-state index contributed by atoms with van der Waals surface area (Å²) in [5.74, 6) is 1.99. The van der Waals surface area contributed by atoms with Gasteiger partial charge in [-0.15, -0.1) is 0 Å². The molecular formula is C23H30N4O2. The van der Waals surface area contributed by atoms with Crippen LogP contribution in [0.25, 0.3) is 0 Å². The Kier molecular flexibility index (Phi) is 6.00. The SMILES string of the molecule is COc1ccccc1N1CCN([C@@H]2CCCN(c3ccc(C(C)=O)cn3)C2)CC1. The van der Waals surface area contributed by atoms with Crippen LogP contribution in [0.4, 0.5) is 11.5 Å². The molecule has 2 aliphatic rings. The third-order valence-corrected chi connectivity index (χ3v) is 6.13. The van der Waals surface area contributed by atoms with Crippen LogP contribution in [0, 0.1) is 0 Å². The molecule has 0 N–H and O–H groups in total. The van der Waals surface area contributed by atoms with Crippen molar-refractivity contribution in [1.29, 1.82) is 0 Å². The number of carbonyl (C=O) groups is 1. The minimum absolute atomic E-state index is 0.0634. The number of rotatable bonds is 5. The Morgan fingerprint density at radius 2 is 1.83 bits per heavy atom. The quantitative estimate of drug-likeness (QED) is 0.727. The molecule has 1 aromatic heterocycles. The van der Waals surface area contributed by atoms with Crippen LogP contribution in [-0.2, 0) is 0 Å². The number of pyridine rings is 1. The highest BCUT2D eigenvalue weighted by Gasteiger charge is 2.29. The van der Waals surface area contributed by atoms with Crippen LogP contribution in [0.15, 0.2) is 42.6 Å². The zero-order valence-corrected chi connectivity index (χ0v) is 17.4. The van der Waals surface area contributed by atoms with Crippen molar-refractivity contribution in [3.63, 3.8) is 0 Å². The predicted molar refractivity (Wildman–Crippen MR) is 116 cm³/mol. The van der Waals surface area contributed by atoms with Crippen LogP contribution in [0.1, 0.15) is 30.1 Å². The van der Waals surface area contributed by atoms with Gasteiger partial charge in [-0.05, 0) is 44.0 Å². The van der Waals surface area contributed by atoms with Crippen molar-refractivity contribution >= 4 is 17.3 Å². The minimum atomic E-state index is 0.0634. The number of hydrogen-bond acceptors (Lipinski definition) is 6. The van der Waals surface area contributed by atoms with Gasteiger partial charge in [-0.2, -0.15) is 0 Å². The van der Waals surface area contributed by atoms with Gasteiger partial charge < -0.3 is 14.5 Å². The Morgan fingerprint density at radius 3 is 2.52 bits per heavy atom. The fourth-order valence-electron chi connectivity index (χ4n) is 4.46. The summed E-state index contributed by atoms with van der Waals surface area (Å²) in [7, 11) is 1.74. The fourth-order valence-corrected chi connectivity index (χ4v) is 4.46. The van der Waals surface area contributed by atoms with Crippen LogP contribution in [0.3, 0.4) is 0 Å². The van der Waals surface area contributed by atoms with E-state index in [1.165, 1.54) is 18.5 Å². The van der Waals surface area contributed by atoms with Gasteiger partial charge in [0.2, 0.25) is 0 Å². The van der Waals surface area contributed by atoms with Gasteiger partial charge in [-0.3, -0.25) is 9.69 Å². The second kappa shape index (κ2) is 8.82. The van der Waals surface area contributed by atoms with Crippen molar-refractivity contribution < 1.29 is 9.53 Å². The number of para-hydroxylation sites is 2. The van der Waals surface area contributed by atoms with Crippen molar-refractivity contribution in [2.24, 2.45) is 0 Å². The van der Waals surface area contributed by atoms with Gasteiger partial charge in [0, 0.05) is 57.1 Å². The Hall–Kier alpha value is -2.60. The maximum Gasteiger partial charge on any atom is 0.161 e. The number of ketones is 1. The van der Waals surface area contributed by atoms with Crippen LogP contribution in [-0.4, -0.2) is 68.1 Å². The summed E-state index contributed by atoms with van der Waals surface area (Å²) in [6.07, 6.45) is 4.11. The second-order valence-electron chi connectivity index (χ2n) is 7.90. The number of methoxy groups -OCH3 is 1. The van der Waals surface area contributed by atoms with Crippen molar-refractivity contribution in [2.45, 2.75) is 25.8 Å². The third-order valence-electron chi connectivity index (χ3n) is 6.13. The molecular weight excluding hydrogens is 364 g/mol. The Bertz CT molecular complexity index is 831. The summed E-state index contributed by atoms with van der Waals surface area (Å²) < 4.78 is 5.54. The molecule has 3 heterocycles. The van der Waals surface area contributed by atoms with Crippen LogP contribution in [0.2, 0.25) is 0 Å². The van der Waals surface area contributed by atoms with Crippen molar-refractivity contribution in [3.8, 4) is 5.75 Å². The zero-order valence-electron chi connectivity index (χ0n) is 17.4. The molecule has 0 radical (unpaired) electrons. The smallest absolute Gasteiger partial charge is 0.161 e. The molecule has 0 aliphatic carbocycles. The Morgan fingerprint density at radius 1 is 1.03 bits per heavy atom. The van der Waals surface area contributed by atoms with E-state index in [2.05, 4.69) is 31.8 Å². The van der Waals surface area contributed by atoms with Gasteiger partial charge in [0.25, 0.3) is 0 Å². The number of carbonyl (C=O) groups excluding carboxylic acids is 1. The number of hydrogen-bond donors (Lipinski definition) is 0. The van der Waals surface area contributed by atoms with E-state index in [0.717, 1.165) is 50.8 Å². The van der Waals surface area contributed by atoms with Gasteiger partial charge in [0.1, 0.15) is 11.6 Å². The molecule has 2 aromatic rings. The highest BCUT2D eigenvalue weighted by molar-refractivity contribution is 5.93. The lowest BCUT2D eigenvalue weighted by Crippen LogP contribution is -2.55. The monoisotopic (exact) mass is 394 g/mol. The summed E-state index contributed by atoms with van der Waals surface area (Å²) in [5.41, 5.74) is 1.87. The first-order valence-electron chi connectivity index (χ1n) is 10.5. The highest BCUT2D eigenvalue weighted by Crippen LogP contribution is 2.29. The van der Waals surface area contributed by atoms with E-state index in [1.807, 2.05) is 24.3 Å². The second-order valence-corrected chi connectivity index (χ2v) is 7.90. The Balaban J connectivity index is 1.36. The number of piperazine rings is 1. The molecule has 2 saturated heterocycles. The molecule has 6 heteroatoms. The average molecular weight is 395 g/mol. The number of Topliss-reactive ketones (excluding diaryl/α,β-unsaturated/α-hetero) is 1. The van der Waals surface area contributed by atoms with Crippen LogP contribution < -0.4 is 14.5 Å². The lowest BCUT2D eigenvalue weighted by atomic mass is 10.0. The summed E-state index contributed by atoms with van der Waals surface area (Å²) in [6, 6.07) is 12.7. The Labute approximate surface area is 173 Å². The summed E-state index contributed by atoms with van der Waals surface area (Å²) in [6.45, 7) is 7.77. The largest absolute Gasteiger partial charge is 0.495 e. The van der Waals surface area contributed by atoms with Crippen molar-refractivity contribution in [3.05, 3.63) is 48.2 Å². The molecule has 29 heavy (non-hydrogen) atoms. The average Bonchev–Trinajstić information content (AvgIpc) is 2.79. The molecule has 6 nitrogen and oxygen atoms in total. The standard InChI is InChI=1S/C23H30N4O2/c1-18(28)19-9-10-23(24-16-19)27-11-5-6-20(17-27)25-12-14-26(15-13-25)21-7-3-4-8-22(21)29-2/h3-4,7-10,16,20H,5-6,11-15,17H2,1-2H3/t20-/m1/s1. The van der Waals surface area contributed by atoms with Gasteiger partial charge >= 0.3 is 0 Å². The molecule has 0 saturated carbocycles. The van der Waals surface area contributed by atoms with Crippen LogP contribution in [0.5, 0.6) is 5.75 Å². The molecule has 2 aliphatic heterocycles. The number of benzene rings is 1. The maximum atomic E-state index is 11.5. The molecule has 0 amide bonds. The number of anilines is 2.